The first-order valence-electron chi connectivity index (χ1n) is 9.97. The lowest BCUT2D eigenvalue weighted by Crippen LogP contribution is -2.51. The highest BCUT2D eigenvalue weighted by atomic mass is 16.5. The summed E-state index contributed by atoms with van der Waals surface area (Å²) in [6.07, 6.45) is 8.09. The molecule has 4 aliphatic rings. The van der Waals surface area contributed by atoms with Gasteiger partial charge in [0, 0.05) is 5.41 Å². The van der Waals surface area contributed by atoms with Crippen LogP contribution in [0.4, 0.5) is 0 Å². The van der Waals surface area contributed by atoms with Crippen molar-refractivity contribution in [1.29, 1.82) is 5.26 Å². The summed E-state index contributed by atoms with van der Waals surface area (Å²) in [4.78, 5) is 25.3. The summed E-state index contributed by atoms with van der Waals surface area (Å²) < 4.78 is 10.4. The van der Waals surface area contributed by atoms with Gasteiger partial charge in [-0.2, -0.15) is 5.26 Å². The Morgan fingerprint density at radius 1 is 1.11 bits per heavy atom. The van der Waals surface area contributed by atoms with E-state index in [9.17, 15) is 14.9 Å². The van der Waals surface area contributed by atoms with E-state index in [0.717, 1.165) is 19.3 Å². The summed E-state index contributed by atoms with van der Waals surface area (Å²) in [7, 11) is 1.57. The van der Waals surface area contributed by atoms with E-state index in [-0.39, 0.29) is 23.4 Å². The normalized spacial score (nSPS) is 30.6. The number of hydrogen-bond acceptors (Lipinski definition) is 5. The monoisotopic (exact) mass is 379 g/mol. The third-order valence-corrected chi connectivity index (χ3v) is 6.73. The molecule has 28 heavy (non-hydrogen) atoms. The summed E-state index contributed by atoms with van der Waals surface area (Å²) >= 11 is 0. The maximum Gasteiger partial charge on any atom is 0.349 e. The molecule has 0 aromatic heterocycles. The van der Waals surface area contributed by atoms with E-state index in [4.69, 9.17) is 9.47 Å². The van der Waals surface area contributed by atoms with Gasteiger partial charge in [-0.25, -0.2) is 4.79 Å². The van der Waals surface area contributed by atoms with Crippen LogP contribution in [0.25, 0.3) is 6.08 Å². The van der Waals surface area contributed by atoms with E-state index in [1.54, 1.807) is 31.4 Å². The van der Waals surface area contributed by atoms with E-state index < -0.39 is 5.97 Å². The smallest absolute Gasteiger partial charge is 0.349 e. The number of hydrogen-bond donors (Lipinski definition) is 0. The molecule has 4 fully saturated rings. The first-order valence-corrected chi connectivity index (χ1v) is 9.97. The van der Waals surface area contributed by atoms with Crippen molar-refractivity contribution in [3.05, 3.63) is 35.4 Å². The van der Waals surface area contributed by atoms with Gasteiger partial charge in [0.05, 0.1) is 7.11 Å². The van der Waals surface area contributed by atoms with Crippen molar-refractivity contribution in [2.24, 2.45) is 23.2 Å². The molecule has 1 aromatic carbocycles. The molecule has 0 unspecified atom stereocenters. The van der Waals surface area contributed by atoms with Crippen LogP contribution in [0.5, 0.6) is 5.75 Å². The molecule has 0 aliphatic heterocycles. The fourth-order valence-electron chi connectivity index (χ4n) is 5.82. The van der Waals surface area contributed by atoms with Gasteiger partial charge in [-0.1, -0.05) is 12.1 Å². The van der Waals surface area contributed by atoms with E-state index in [0.29, 0.717) is 29.1 Å². The fourth-order valence-corrected chi connectivity index (χ4v) is 5.82. The minimum absolute atomic E-state index is 0.0432. The molecule has 1 aromatic rings. The molecule has 4 saturated carbocycles. The van der Waals surface area contributed by atoms with Crippen molar-refractivity contribution in [1.82, 2.24) is 0 Å². The van der Waals surface area contributed by atoms with Crippen molar-refractivity contribution in [3.8, 4) is 11.8 Å². The summed E-state index contributed by atoms with van der Waals surface area (Å²) in [6, 6.07) is 8.90. The Morgan fingerprint density at radius 2 is 1.68 bits per heavy atom. The second kappa shape index (κ2) is 7.43. The number of carbonyl (C=O) groups is 2. The summed E-state index contributed by atoms with van der Waals surface area (Å²) in [5.41, 5.74) is 0.298. The molecule has 0 radical (unpaired) electrons. The molecule has 146 valence electrons. The van der Waals surface area contributed by atoms with Crippen LogP contribution in [0.2, 0.25) is 0 Å². The van der Waals surface area contributed by atoms with Crippen molar-refractivity contribution in [2.45, 2.75) is 38.5 Å². The number of esters is 1. The van der Waals surface area contributed by atoms with Gasteiger partial charge in [0.2, 0.25) is 0 Å². The van der Waals surface area contributed by atoms with Crippen molar-refractivity contribution < 1.29 is 19.1 Å². The van der Waals surface area contributed by atoms with Gasteiger partial charge in [-0.15, -0.1) is 0 Å². The maximum absolute atomic E-state index is 12.9. The third kappa shape index (κ3) is 3.56. The highest BCUT2D eigenvalue weighted by Crippen LogP contribution is 2.60. The first kappa shape index (κ1) is 18.7. The molecule has 0 atom stereocenters. The minimum atomic E-state index is -0.739. The minimum Gasteiger partial charge on any atom is -0.497 e. The van der Waals surface area contributed by atoms with Crippen LogP contribution >= 0.6 is 0 Å². The molecule has 0 N–H and O–H groups in total. The van der Waals surface area contributed by atoms with Gasteiger partial charge in [-0.05, 0) is 80.1 Å². The number of nitriles is 1. The average Bonchev–Trinajstić information content (AvgIpc) is 2.69. The second-order valence-corrected chi connectivity index (χ2v) is 8.64. The quantitative estimate of drug-likeness (QED) is 0.425. The molecule has 0 amide bonds. The molecule has 0 spiro atoms. The maximum atomic E-state index is 12.9. The van der Waals surface area contributed by atoms with E-state index in [2.05, 4.69) is 0 Å². The van der Waals surface area contributed by atoms with Crippen molar-refractivity contribution in [2.75, 3.05) is 13.7 Å². The van der Waals surface area contributed by atoms with Gasteiger partial charge >= 0.3 is 5.97 Å². The lowest BCUT2D eigenvalue weighted by atomic mass is 9.48. The molecule has 0 saturated heterocycles. The van der Waals surface area contributed by atoms with Gasteiger partial charge < -0.3 is 9.47 Å². The van der Waals surface area contributed by atoms with Crippen molar-refractivity contribution >= 4 is 17.8 Å². The first-order chi connectivity index (χ1) is 13.5. The molecule has 4 bridgehead atoms. The van der Waals surface area contributed by atoms with E-state index in [1.165, 1.54) is 25.3 Å². The molecule has 5 rings (SSSR count). The van der Waals surface area contributed by atoms with Crippen LogP contribution in [0.15, 0.2) is 29.8 Å². The van der Waals surface area contributed by atoms with Crippen molar-refractivity contribution in [3.63, 3.8) is 0 Å². The SMILES string of the molecule is COc1ccc(/C=C(\C#N)C(=O)OCC(=O)C23CC4CC(CC(C4)C2)C3)cc1. The molecule has 5 heteroatoms. The molecular formula is C23H25NO4. The summed E-state index contributed by atoms with van der Waals surface area (Å²) in [6.45, 7) is -0.230. The fraction of sp³-hybridized carbons (Fsp3) is 0.522. The standard InChI is InChI=1S/C23H25NO4/c1-27-20-4-2-15(3-5-20)9-19(13-24)22(26)28-14-21(25)23-10-16-6-17(11-23)8-18(7-16)12-23/h2-5,9,16-18H,6-8,10-12,14H2,1H3/b19-9+. The lowest BCUT2D eigenvalue weighted by molar-refractivity contribution is -0.155. The molecule has 4 aliphatic carbocycles. The Bertz CT molecular complexity index is 811. The largest absolute Gasteiger partial charge is 0.497 e. The number of carbonyl (C=O) groups excluding carboxylic acids is 2. The number of ketones is 1. The van der Waals surface area contributed by atoms with Gasteiger partial charge in [-0.3, -0.25) is 4.79 Å². The van der Waals surface area contributed by atoms with Crippen LogP contribution < -0.4 is 4.74 Å². The van der Waals surface area contributed by atoms with Crippen LogP contribution in [0.1, 0.15) is 44.1 Å². The third-order valence-electron chi connectivity index (χ3n) is 6.73. The van der Waals surface area contributed by atoms with Gasteiger partial charge in [0.15, 0.2) is 12.4 Å². The Kier molecular flexibility index (Phi) is 4.97. The van der Waals surface area contributed by atoms with Crippen LogP contribution in [0.3, 0.4) is 0 Å². The Morgan fingerprint density at radius 3 is 2.18 bits per heavy atom. The van der Waals surface area contributed by atoms with Crippen LogP contribution in [-0.2, 0) is 14.3 Å². The van der Waals surface area contributed by atoms with Gasteiger partial charge in [0.1, 0.15) is 17.4 Å². The zero-order valence-electron chi connectivity index (χ0n) is 16.1. The van der Waals surface area contributed by atoms with Crippen LogP contribution in [0, 0.1) is 34.5 Å². The summed E-state index contributed by atoms with van der Waals surface area (Å²) in [5, 5.41) is 9.32. The van der Waals surface area contributed by atoms with E-state index in [1.807, 2.05) is 6.07 Å². The predicted molar refractivity (Wildman–Crippen MR) is 103 cm³/mol. The average molecular weight is 379 g/mol. The molecular weight excluding hydrogens is 354 g/mol. The predicted octanol–water partition coefficient (Wildman–Crippen LogP) is 3.93. The number of rotatable bonds is 6. The summed E-state index contributed by atoms with van der Waals surface area (Å²) in [5.74, 6) is 1.99. The number of ether oxygens (including phenoxy) is 2. The zero-order valence-corrected chi connectivity index (χ0v) is 16.1. The Balaban J connectivity index is 1.39. The zero-order chi connectivity index (χ0) is 19.7. The number of nitrogens with zero attached hydrogens (tertiary/aromatic N) is 1. The second-order valence-electron chi connectivity index (χ2n) is 8.64. The van der Waals surface area contributed by atoms with E-state index >= 15 is 0 Å². The highest BCUT2D eigenvalue weighted by molar-refractivity contribution is 5.99. The highest BCUT2D eigenvalue weighted by Gasteiger charge is 2.54. The molecule has 0 heterocycles. The molecule has 5 nitrogen and oxygen atoms in total. The van der Waals surface area contributed by atoms with Crippen LogP contribution in [-0.4, -0.2) is 25.5 Å². The Labute approximate surface area is 165 Å². The van der Waals surface area contributed by atoms with Gasteiger partial charge in [0.25, 0.3) is 0 Å². The topological polar surface area (TPSA) is 76.4 Å². The Hall–Kier alpha value is -2.61. The number of benzene rings is 1. The lowest BCUT2D eigenvalue weighted by Gasteiger charge is -2.55. The number of Topliss-reactive ketones (excluding diaryl/α,β-unsaturated/α-hetero) is 1. The number of methoxy groups -OCH3 is 1.